The molecule has 1 unspecified atom stereocenters. The van der Waals surface area contributed by atoms with E-state index in [9.17, 15) is 0 Å². The number of hydrogen-bond donors (Lipinski definition) is 2. The highest BCUT2D eigenvalue weighted by Crippen LogP contribution is 2.17. The summed E-state index contributed by atoms with van der Waals surface area (Å²) >= 11 is 0. The first-order chi connectivity index (χ1) is 12.1. The second-order valence-electron chi connectivity index (χ2n) is 5.71. The van der Waals surface area contributed by atoms with E-state index in [1.807, 2.05) is 50.2 Å². The lowest BCUT2D eigenvalue weighted by molar-refractivity contribution is 0.222. The monoisotopic (exact) mass is 342 g/mol. The highest BCUT2D eigenvalue weighted by molar-refractivity contribution is 5.79. The molecule has 1 aromatic carbocycles. The number of ether oxygens (including phenoxy) is 2. The largest absolute Gasteiger partial charge is 0.489 e. The topological polar surface area (TPSA) is 67.8 Å². The van der Waals surface area contributed by atoms with Crippen LogP contribution in [0.2, 0.25) is 0 Å². The molecular formula is C19H26N4O2. The summed E-state index contributed by atoms with van der Waals surface area (Å²) in [6.45, 7) is 5.34. The molecule has 0 aliphatic carbocycles. The standard InChI is InChI=1S/C19H26N4O2/c1-14-7-5-6-8-17(14)25-15(2)11-22-19(20-3)23-13-16-9-10-18(24-4)21-12-16/h5-10,12,15H,11,13H2,1-4H3,(H2,20,22,23). The van der Waals surface area contributed by atoms with E-state index in [2.05, 4.69) is 20.6 Å². The number of aromatic nitrogens is 1. The highest BCUT2D eigenvalue weighted by Gasteiger charge is 2.07. The molecule has 25 heavy (non-hydrogen) atoms. The molecule has 1 aromatic heterocycles. The number of rotatable bonds is 7. The lowest BCUT2D eigenvalue weighted by atomic mass is 10.2. The van der Waals surface area contributed by atoms with Crippen molar-refractivity contribution in [3.05, 3.63) is 53.7 Å². The van der Waals surface area contributed by atoms with Crippen molar-refractivity contribution < 1.29 is 9.47 Å². The Morgan fingerprint density at radius 1 is 1.20 bits per heavy atom. The van der Waals surface area contributed by atoms with Gasteiger partial charge in [0.05, 0.1) is 13.7 Å². The molecular weight excluding hydrogens is 316 g/mol. The third kappa shape index (κ3) is 5.99. The molecule has 0 saturated heterocycles. The van der Waals surface area contributed by atoms with Gasteiger partial charge in [0.25, 0.3) is 0 Å². The van der Waals surface area contributed by atoms with Crippen molar-refractivity contribution in [3.63, 3.8) is 0 Å². The molecule has 1 atom stereocenters. The first-order valence-electron chi connectivity index (χ1n) is 8.28. The Kier molecular flexibility index (Phi) is 7.07. The molecule has 0 amide bonds. The van der Waals surface area contributed by atoms with Crippen LogP contribution < -0.4 is 20.1 Å². The van der Waals surface area contributed by atoms with Crippen LogP contribution in [0.5, 0.6) is 11.6 Å². The van der Waals surface area contributed by atoms with Gasteiger partial charge in [-0.05, 0) is 31.0 Å². The van der Waals surface area contributed by atoms with Crippen molar-refractivity contribution in [2.24, 2.45) is 4.99 Å². The van der Waals surface area contributed by atoms with Gasteiger partial charge in [-0.3, -0.25) is 4.99 Å². The second-order valence-corrected chi connectivity index (χ2v) is 5.71. The summed E-state index contributed by atoms with van der Waals surface area (Å²) in [7, 11) is 3.35. The number of hydrogen-bond acceptors (Lipinski definition) is 4. The molecule has 6 nitrogen and oxygen atoms in total. The zero-order valence-corrected chi connectivity index (χ0v) is 15.2. The van der Waals surface area contributed by atoms with E-state index in [1.165, 1.54) is 0 Å². The minimum atomic E-state index is 0.0160. The zero-order chi connectivity index (χ0) is 18.1. The third-order valence-corrected chi connectivity index (χ3v) is 3.67. The van der Waals surface area contributed by atoms with Gasteiger partial charge in [-0.2, -0.15) is 0 Å². The lowest BCUT2D eigenvalue weighted by Gasteiger charge is -2.18. The Balaban J connectivity index is 1.78. The first-order valence-corrected chi connectivity index (χ1v) is 8.28. The summed E-state index contributed by atoms with van der Waals surface area (Å²) in [5.41, 5.74) is 2.18. The predicted molar refractivity (Wildman–Crippen MR) is 100 cm³/mol. The molecule has 0 spiro atoms. The number of guanidine groups is 1. The summed E-state index contributed by atoms with van der Waals surface area (Å²) in [5, 5.41) is 6.53. The van der Waals surface area contributed by atoms with Crippen molar-refractivity contribution in [2.75, 3.05) is 20.7 Å². The van der Waals surface area contributed by atoms with Crippen LogP contribution in [0.4, 0.5) is 0 Å². The third-order valence-electron chi connectivity index (χ3n) is 3.67. The van der Waals surface area contributed by atoms with Crippen LogP contribution in [0, 0.1) is 6.92 Å². The van der Waals surface area contributed by atoms with Crippen molar-refractivity contribution in [3.8, 4) is 11.6 Å². The van der Waals surface area contributed by atoms with E-state index in [0.29, 0.717) is 19.0 Å². The van der Waals surface area contributed by atoms with E-state index in [1.54, 1.807) is 20.4 Å². The van der Waals surface area contributed by atoms with E-state index in [-0.39, 0.29) is 6.10 Å². The predicted octanol–water partition coefficient (Wildman–Crippen LogP) is 2.53. The normalized spacial score (nSPS) is 12.4. The molecule has 0 bridgehead atoms. The molecule has 134 valence electrons. The van der Waals surface area contributed by atoms with Crippen LogP contribution in [0.3, 0.4) is 0 Å². The Hall–Kier alpha value is -2.76. The van der Waals surface area contributed by atoms with E-state index >= 15 is 0 Å². The first kappa shape index (κ1) is 18.6. The number of nitrogens with zero attached hydrogens (tertiary/aromatic N) is 2. The highest BCUT2D eigenvalue weighted by atomic mass is 16.5. The summed E-state index contributed by atoms with van der Waals surface area (Å²) in [5.74, 6) is 2.23. The van der Waals surface area contributed by atoms with Crippen molar-refractivity contribution in [1.82, 2.24) is 15.6 Å². The Morgan fingerprint density at radius 3 is 2.64 bits per heavy atom. The summed E-state index contributed by atoms with van der Waals surface area (Å²) in [4.78, 5) is 8.41. The number of para-hydroxylation sites is 1. The molecule has 0 saturated carbocycles. The molecule has 2 rings (SSSR count). The summed E-state index contributed by atoms with van der Waals surface area (Å²) in [6.07, 6.45) is 1.80. The molecule has 2 aromatic rings. The maximum absolute atomic E-state index is 5.96. The van der Waals surface area contributed by atoms with Gasteiger partial charge in [-0.25, -0.2) is 4.98 Å². The molecule has 6 heteroatoms. The molecule has 0 aliphatic heterocycles. The summed E-state index contributed by atoms with van der Waals surface area (Å²) in [6, 6.07) is 11.8. The average molecular weight is 342 g/mol. The molecule has 0 fully saturated rings. The van der Waals surface area contributed by atoms with Crippen LogP contribution in [0.15, 0.2) is 47.6 Å². The minimum absolute atomic E-state index is 0.0160. The van der Waals surface area contributed by atoms with Crippen LogP contribution in [0.1, 0.15) is 18.1 Å². The number of aliphatic imine (C=N–C) groups is 1. The van der Waals surface area contributed by atoms with Crippen molar-refractivity contribution >= 4 is 5.96 Å². The van der Waals surface area contributed by atoms with Gasteiger partial charge < -0.3 is 20.1 Å². The molecule has 2 N–H and O–H groups in total. The van der Waals surface area contributed by atoms with Gasteiger partial charge >= 0.3 is 0 Å². The van der Waals surface area contributed by atoms with Gasteiger partial charge in [0.1, 0.15) is 11.9 Å². The van der Waals surface area contributed by atoms with Crippen LogP contribution in [0.25, 0.3) is 0 Å². The van der Waals surface area contributed by atoms with Gasteiger partial charge in [0, 0.05) is 25.9 Å². The van der Waals surface area contributed by atoms with Crippen LogP contribution >= 0.6 is 0 Å². The fraction of sp³-hybridized carbons (Fsp3) is 0.368. The van der Waals surface area contributed by atoms with Crippen LogP contribution in [-0.2, 0) is 6.54 Å². The van der Waals surface area contributed by atoms with Gasteiger partial charge in [-0.1, -0.05) is 24.3 Å². The van der Waals surface area contributed by atoms with E-state index in [0.717, 1.165) is 22.8 Å². The van der Waals surface area contributed by atoms with Gasteiger partial charge in [-0.15, -0.1) is 0 Å². The number of benzene rings is 1. The average Bonchev–Trinajstić information content (AvgIpc) is 2.64. The maximum Gasteiger partial charge on any atom is 0.212 e. The number of aryl methyl sites for hydroxylation is 1. The zero-order valence-electron chi connectivity index (χ0n) is 15.2. The summed E-state index contributed by atoms with van der Waals surface area (Å²) < 4.78 is 11.0. The lowest BCUT2D eigenvalue weighted by Crippen LogP contribution is -2.41. The smallest absolute Gasteiger partial charge is 0.212 e. The maximum atomic E-state index is 5.96. The number of pyridine rings is 1. The molecule has 0 radical (unpaired) electrons. The minimum Gasteiger partial charge on any atom is -0.489 e. The quantitative estimate of drug-likeness (QED) is 0.598. The van der Waals surface area contributed by atoms with Crippen molar-refractivity contribution in [2.45, 2.75) is 26.5 Å². The second kappa shape index (κ2) is 9.52. The molecule has 1 heterocycles. The number of nitrogens with one attached hydrogen (secondary N) is 2. The van der Waals surface area contributed by atoms with E-state index in [4.69, 9.17) is 9.47 Å². The Morgan fingerprint density at radius 2 is 2.00 bits per heavy atom. The fourth-order valence-electron chi connectivity index (χ4n) is 2.23. The van der Waals surface area contributed by atoms with Crippen LogP contribution in [-0.4, -0.2) is 37.7 Å². The Labute approximate surface area is 149 Å². The molecule has 0 aliphatic rings. The fourth-order valence-corrected chi connectivity index (χ4v) is 2.23. The van der Waals surface area contributed by atoms with E-state index < -0.39 is 0 Å². The van der Waals surface area contributed by atoms with Gasteiger partial charge in [0.2, 0.25) is 5.88 Å². The SMILES string of the molecule is CN=C(NCc1ccc(OC)nc1)NCC(C)Oc1ccccc1C. The van der Waals surface area contributed by atoms with Gasteiger partial charge in [0.15, 0.2) is 5.96 Å². The van der Waals surface area contributed by atoms with Crippen molar-refractivity contribution in [1.29, 1.82) is 0 Å². The number of methoxy groups -OCH3 is 1. The Bertz CT molecular complexity index is 686.